The van der Waals surface area contributed by atoms with Gasteiger partial charge in [-0.1, -0.05) is 12.1 Å². The monoisotopic (exact) mass is 457 g/mol. The van der Waals surface area contributed by atoms with Crippen LogP contribution in [0.5, 0.6) is 11.5 Å². The molecule has 4 heterocycles. The molecule has 0 spiro atoms. The van der Waals surface area contributed by atoms with Crippen molar-refractivity contribution in [2.24, 2.45) is 0 Å². The molecule has 3 aromatic heterocycles. The first-order valence-corrected chi connectivity index (χ1v) is 11.2. The van der Waals surface area contributed by atoms with Crippen molar-refractivity contribution in [1.29, 1.82) is 0 Å². The van der Waals surface area contributed by atoms with Crippen LogP contribution in [0.25, 0.3) is 38.9 Å². The average molecular weight is 457 g/mol. The van der Waals surface area contributed by atoms with Crippen molar-refractivity contribution >= 4 is 33.2 Å². The number of para-hydroxylation sites is 2. The second-order valence-electron chi connectivity index (χ2n) is 8.29. The van der Waals surface area contributed by atoms with Crippen LogP contribution in [0.15, 0.2) is 53.6 Å². The molecule has 1 aliphatic heterocycles. The van der Waals surface area contributed by atoms with Crippen LogP contribution in [0.2, 0.25) is 0 Å². The van der Waals surface area contributed by atoms with E-state index in [2.05, 4.69) is 0 Å². The van der Waals surface area contributed by atoms with E-state index < -0.39 is 0 Å². The predicted molar refractivity (Wildman–Crippen MR) is 128 cm³/mol. The molecule has 5 aromatic rings. The molecular weight excluding hydrogens is 434 g/mol. The third-order valence-electron chi connectivity index (χ3n) is 6.28. The summed E-state index contributed by atoms with van der Waals surface area (Å²) in [6, 6.07) is 13.1. The highest BCUT2D eigenvalue weighted by Gasteiger charge is 2.24. The lowest BCUT2D eigenvalue weighted by atomic mass is 10.2. The van der Waals surface area contributed by atoms with Crippen LogP contribution in [-0.4, -0.2) is 51.0 Å². The normalized spacial score (nSPS) is 16.0. The molecular formula is C25H23N5O4. The van der Waals surface area contributed by atoms with Crippen LogP contribution in [0.1, 0.15) is 12.8 Å². The fraction of sp³-hybridized carbons (Fsp3) is 0.280. The number of hydrogen-bond acceptors (Lipinski definition) is 7. The molecule has 1 atom stereocenters. The van der Waals surface area contributed by atoms with E-state index in [9.17, 15) is 4.79 Å². The molecule has 6 rings (SSSR count). The fourth-order valence-corrected chi connectivity index (χ4v) is 4.61. The van der Waals surface area contributed by atoms with Gasteiger partial charge < -0.3 is 14.2 Å². The summed E-state index contributed by atoms with van der Waals surface area (Å²) in [5.41, 5.74) is 3.41. The number of rotatable bonds is 5. The van der Waals surface area contributed by atoms with Gasteiger partial charge in [0.1, 0.15) is 28.7 Å². The van der Waals surface area contributed by atoms with Gasteiger partial charge in [-0.05, 0) is 37.1 Å². The van der Waals surface area contributed by atoms with E-state index in [0.717, 1.165) is 25.0 Å². The molecule has 0 saturated carbocycles. The molecule has 9 nitrogen and oxygen atoms in total. The first-order chi connectivity index (χ1) is 16.7. The largest absolute Gasteiger partial charge is 0.497 e. The number of ether oxygens (including phenoxy) is 3. The van der Waals surface area contributed by atoms with Crippen molar-refractivity contribution in [2.45, 2.75) is 25.5 Å². The maximum atomic E-state index is 13.7. The van der Waals surface area contributed by atoms with E-state index in [4.69, 9.17) is 29.2 Å². The summed E-state index contributed by atoms with van der Waals surface area (Å²) in [6.07, 6.45) is 3.52. The van der Waals surface area contributed by atoms with Gasteiger partial charge in [-0.25, -0.2) is 15.0 Å². The van der Waals surface area contributed by atoms with Crippen molar-refractivity contribution < 1.29 is 14.2 Å². The standard InChI is InChI=1S/C25H23N5O4/c1-32-15-9-10-20(33-2)19(12-15)30-23-21(22-24(30)28-18-8-4-3-7-17(18)27-22)25(31)29(14-26-23)13-16-6-5-11-34-16/h3-4,7-10,12,14,16H,5-6,11,13H2,1-2H3/t16-/m0/s1. The average Bonchev–Trinajstić information content (AvgIpc) is 3.49. The van der Waals surface area contributed by atoms with Crippen LogP contribution < -0.4 is 15.0 Å². The number of aromatic nitrogens is 5. The molecule has 34 heavy (non-hydrogen) atoms. The highest BCUT2D eigenvalue weighted by molar-refractivity contribution is 6.06. The molecule has 172 valence electrons. The van der Waals surface area contributed by atoms with Crippen molar-refractivity contribution in [3.05, 3.63) is 59.1 Å². The minimum Gasteiger partial charge on any atom is -0.497 e. The predicted octanol–water partition coefficient (Wildman–Crippen LogP) is 3.48. The van der Waals surface area contributed by atoms with E-state index in [-0.39, 0.29) is 11.7 Å². The molecule has 1 saturated heterocycles. The van der Waals surface area contributed by atoms with Gasteiger partial charge in [0, 0.05) is 12.7 Å². The Morgan fingerprint density at radius 2 is 1.88 bits per heavy atom. The third-order valence-corrected chi connectivity index (χ3v) is 6.28. The number of fused-ring (bicyclic) bond motifs is 4. The molecule has 1 aliphatic rings. The van der Waals surface area contributed by atoms with Crippen LogP contribution in [-0.2, 0) is 11.3 Å². The molecule has 0 N–H and O–H groups in total. The smallest absolute Gasteiger partial charge is 0.265 e. The summed E-state index contributed by atoms with van der Waals surface area (Å²) in [7, 11) is 3.20. The topological polar surface area (TPSA) is 93.3 Å². The van der Waals surface area contributed by atoms with Crippen LogP contribution in [0.4, 0.5) is 0 Å². The zero-order valence-electron chi connectivity index (χ0n) is 18.9. The summed E-state index contributed by atoms with van der Waals surface area (Å²) in [5.74, 6) is 1.24. The lowest BCUT2D eigenvalue weighted by Gasteiger charge is -2.14. The van der Waals surface area contributed by atoms with Gasteiger partial charge in [-0.15, -0.1) is 0 Å². The van der Waals surface area contributed by atoms with Crippen LogP contribution in [0.3, 0.4) is 0 Å². The van der Waals surface area contributed by atoms with Crippen molar-refractivity contribution in [3.63, 3.8) is 0 Å². The molecule has 2 aromatic carbocycles. The Labute approximate surface area is 194 Å². The van der Waals surface area contributed by atoms with E-state index in [1.807, 2.05) is 47.0 Å². The first-order valence-electron chi connectivity index (χ1n) is 11.2. The Kier molecular flexibility index (Phi) is 4.91. The zero-order chi connectivity index (χ0) is 23.2. The highest BCUT2D eigenvalue weighted by atomic mass is 16.5. The molecule has 0 bridgehead atoms. The molecule has 0 radical (unpaired) electrons. The molecule has 0 amide bonds. The van der Waals surface area contributed by atoms with Gasteiger partial charge in [0.05, 0.1) is 43.6 Å². The Morgan fingerprint density at radius 3 is 2.62 bits per heavy atom. The number of nitrogens with zero attached hydrogens (tertiary/aromatic N) is 5. The lowest BCUT2D eigenvalue weighted by Crippen LogP contribution is -2.26. The van der Waals surface area contributed by atoms with Crippen LogP contribution in [0, 0.1) is 0 Å². The summed E-state index contributed by atoms with van der Waals surface area (Å²) in [4.78, 5) is 28.2. The Balaban J connectivity index is 1.70. The molecule has 1 fully saturated rings. The van der Waals surface area contributed by atoms with Crippen molar-refractivity contribution in [3.8, 4) is 17.2 Å². The third kappa shape index (κ3) is 3.19. The number of hydrogen-bond donors (Lipinski definition) is 0. The Morgan fingerprint density at radius 1 is 1.06 bits per heavy atom. The van der Waals surface area contributed by atoms with Crippen molar-refractivity contribution in [2.75, 3.05) is 20.8 Å². The molecule has 9 heteroatoms. The fourth-order valence-electron chi connectivity index (χ4n) is 4.61. The second-order valence-corrected chi connectivity index (χ2v) is 8.29. The van der Waals surface area contributed by atoms with Gasteiger partial charge in [0.15, 0.2) is 11.3 Å². The van der Waals surface area contributed by atoms with Crippen molar-refractivity contribution in [1.82, 2.24) is 24.1 Å². The van der Waals surface area contributed by atoms with E-state index in [1.165, 1.54) is 0 Å². The maximum Gasteiger partial charge on any atom is 0.265 e. The SMILES string of the molecule is COc1ccc(OC)c(-n2c3nc4ccccc4nc3c3c(=O)n(C[C@@H]4CCCO4)cnc32)c1. The van der Waals surface area contributed by atoms with E-state index >= 15 is 0 Å². The van der Waals surface area contributed by atoms with Gasteiger partial charge in [-0.3, -0.25) is 13.9 Å². The lowest BCUT2D eigenvalue weighted by molar-refractivity contribution is 0.0960. The molecule has 0 aliphatic carbocycles. The number of methoxy groups -OCH3 is 2. The minimum atomic E-state index is -0.171. The quantitative estimate of drug-likeness (QED) is 0.399. The molecule has 0 unspecified atom stereocenters. The van der Waals surface area contributed by atoms with Gasteiger partial charge in [0.2, 0.25) is 0 Å². The highest BCUT2D eigenvalue weighted by Crippen LogP contribution is 2.34. The summed E-state index contributed by atoms with van der Waals surface area (Å²) >= 11 is 0. The second kappa shape index (κ2) is 8.11. The van der Waals surface area contributed by atoms with Gasteiger partial charge in [0.25, 0.3) is 5.56 Å². The van der Waals surface area contributed by atoms with Gasteiger partial charge in [-0.2, -0.15) is 0 Å². The Bertz CT molecular complexity index is 1600. The number of benzene rings is 2. The van der Waals surface area contributed by atoms with Gasteiger partial charge >= 0.3 is 0 Å². The maximum absolute atomic E-state index is 13.7. The minimum absolute atomic E-state index is 0.00990. The van der Waals surface area contributed by atoms with E-state index in [0.29, 0.717) is 51.4 Å². The summed E-state index contributed by atoms with van der Waals surface area (Å²) in [6.45, 7) is 1.18. The summed E-state index contributed by atoms with van der Waals surface area (Å²) < 4.78 is 20.3. The zero-order valence-corrected chi connectivity index (χ0v) is 18.9. The Hall–Kier alpha value is -3.98. The summed E-state index contributed by atoms with van der Waals surface area (Å²) in [5, 5.41) is 0.415. The van der Waals surface area contributed by atoms with Crippen LogP contribution >= 0.6 is 0 Å². The first kappa shape index (κ1) is 20.6. The van der Waals surface area contributed by atoms with E-state index in [1.54, 1.807) is 25.1 Å².